The van der Waals surface area contributed by atoms with Crippen LogP contribution in [0, 0.1) is 0 Å². The van der Waals surface area contributed by atoms with Crippen LogP contribution < -0.4 is 0 Å². The van der Waals surface area contributed by atoms with Gasteiger partial charge in [-0.1, -0.05) is 0 Å². The van der Waals surface area contributed by atoms with Gasteiger partial charge in [-0.15, -0.1) is 0 Å². The summed E-state index contributed by atoms with van der Waals surface area (Å²) in [4.78, 5) is 21.0. The maximum Gasteiger partial charge on any atom is 0.290 e. The molecule has 3 aromatic rings. The van der Waals surface area contributed by atoms with Gasteiger partial charge in [0.1, 0.15) is 11.3 Å². The summed E-state index contributed by atoms with van der Waals surface area (Å²) in [6.45, 7) is 1.16. The maximum absolute atomic E-state index is 12.0. The van der Waals surface area contributed by atoms with Crippen molar-refractivity contribution in [3.05, 3.63) is 30.2 Å². The van der Waals surface area contributed by atoms with Crippen molar-refractivity contribution in [2.45, 2.75) is 31.2 Å². The van der Waals surface area contributed by atoms with Crippen LogP contribution in [0.15, 0.2) is 24.4 Å². The monoisotopic (exact) mass is 433 g/mol. The van der Waals surface area contributed by atoms with E-state index in [9.17, 15) is 8.42 Å². The van der Waals surface area contributed by atoms with E-state index >= 15 is 0 Å². The highest BCUT2D eigenvalue weighted by Crippen LogP contribution is 2.32. The zero-order valence-electron chi connectivity index (χ0n) is 16.3. The first-order valence-corrected chi connectivity index (χ1v) is 11.6. The molecule has 160 valence electrons. The fourth-order valence-corrected chi connectivity index (χ4v) is 5.61. The lowest BCUT2D eigenvalue weighted by Gasteiger charge is -2.19. The average Bonchev–Trinajstić information content (AvgIpc) is 3.46. The Kier molecular flexibility index (Phi) is 5.82. The Hall–Kier alpha value is -2.79. The van der Waals surface area contributed by atoms with E-state index in [1.54, 1.807) is 4.68 Å². The summed E-state index contributed by atoms with van der Waals surface area (Å²) >= 11 is 0. The number of hydrogen-bond donors (Lipinski definition) is 2. The minimum absolute atomic E-state index is 0.112. The highest BCUT2D eigenvalue weighted by atomic mass is 32.2. The molecular formula is C19H23N5O5S. The number of aromatic amines is 1. The van der Waals surface area contributed by atoms with Crippen LogP contribution in [0.5, 0.6) is 0 Å². The van der Waals surface area contributed by atoms with Gasteiger partial charge < -0.3 is 14.8 Å². The lowest BCUT2D eigenvalue weighted by atomic mass is 10.00. The van der Waals surface area contributed by atoms with Crippen LogP contribution in [0.3, 0.4) is 0 Å². The highest BCUT2D eigenvalue weighted by molar-refractivity contribution is 7.91. The predicted molar refractivity (Wildman–Crippen MR) is 109 cm³/mol. The Morgan fingerprint density at radius 2 is 1.93 bits per heavy atom. The molecule has 30 heavy (non-hydrogen) atoms. The van der Waals surface area contributed by atoms with Crippen molar-refractivity contribution in [2.24, 2.45) is 0 Å². The summed E-state index contributed by atoms with van der Waals surface area (Å²) in [6, 6.07) is 5.70. The van der Waals surface area contributed by atoms with Crippen LogP contribution in [0.4, 0.5) is 0 Å². The molecule has 2 aliphatic rings. The van der Waals surface area contributed by atoms with E-state index < -0.39 is 9.84 Å². The van der Waals surface area contributed by atoms with E-state index in [2.05, 4.69) is 9.97 Å². The van der Waals surface area contributed by atoms with Gasteiger partial charge in [0.25, 0.3) is 6.47 Å². The molecule has 0 aliphatic carbocycles. The number of ether oxygens (including phenoxy) is 1. The molecule has 10 nitrogen and oxygen atoms in total. The standard InChI is InChI=1S/C18H21N5O3S.CH2O2/c24-27(25)10-6-14(11-27)23-18(15-2-1-12-3-7-19-16(12)20-15)21-17(22-23)13-4-8-26-9-5-13;2-1-3/h1-3,7,13-14H,4-6,8-11H2,(H,19,20);1H,(H,2,3). The third-order valence-corrected chi connectivity index (χ3v) is 7.18. The van der Waals surface area contributed by atoms with Gasteiger partial charge in [-0.3, -0.25) is 4.79 Å². The summed E-state index contributed by atoms with van der Waals surface area (Å²) in [5.74, 6) is 1.97. The zero-order chi connectivity index (χ0) is 21.1. The van der Waals surface area contributed by atoms with Crippen LogP contribution in [-0.2, 0) is 19.4 Å². The number of sulfone groups is 1. The van der Waals surface area contributed by atoms with Crippen LogP contribution in [0.2, 0.25) is 0 Å². The molecule has 0 radical (unpaired) electrons. The summed E-state index contributed by atoms with van der Waals surface area (Å²) in [6.07, 6.45) is 4.19. The maximum atomic E-state index is 12.0. The molecule has 0 spiro atoms. The SMILES string of the molecule is O=CO.O=S1(=O)CCC(n2nc(C3CCOCC3)nc2-c2ccc3cc[nH]c3n2)C1. The van der Waals surface area contributed by atoms with Gasteiger partial charge in [0.15, 0.2) is 21.5 Å². The van der Waals surface area contributed by atoms with E-state index in [-0.39, 0.29) is 29.9 Å². The first kappa shape index (κ1) is 20.5. The van der Waals surface area contributed by atoms with Gasteiger partial charge in [0.05, 0.1) is 17.5 Å². The topological polar surface area (TPSA) is 140 Å². The molecule has 0 aromatic carbocycles. The summed E-state index contributed by atoms with van der Waals surface area (Å²) < 4.78 is 31.3. The number of carboxylic acid groups (broad SMARTS) is 1. The number of nitrogens with one attached hydrogen (secondary N) is 1. The van der Waals surface area contributed by atoms with E-state index in [0.717, 1.165) is 29.7 Å². The van der Waals surface area contributed by atoms with Gasteiger partial charge in [-0.05, 0) is 37.5 Å². The molecule has 0 saturated carbocycles. The van der Waals surface area contributed by atoms with Crippen LogP contribution >= 0.6 is 0 Å². The third kappa shape index (κ3) is 4.21. The Labute approximate surface area is 173 Å². The fourth-order valence-electron chi connectivity index (χ4n) is 3.92. The largest absolute Gasteiger partial charge is 0.483 e. The van der Waals surface area contributed by atoms with Gasteiger partial charge in [-0.2, -0.15) is 5.10 Å². The lowest BCUT2D eigenvalue weighted by molar-refractivity contribution is -0.122. The second kappa shape index (κ2) is 8.52. The molecule has 1 atom stereocenters. The quantitative estimate of drug-likeness (QED) is 0.596. The molecule has 1 unspecified atom stereocenters. The summed E-state index contributed by atoms with van der Waals surface area (Å²) in [5, 5.41) is 12.7. The van der Waals surface area contributed by atoms with Crippen molar-refractivity contribution in [3.8, 4) is 11.5 Å². The number of rotatable bonds is 3. The molecule has 0 amide bonds. The molecule has 11 heteroatoms. The number of fused-ring (bicyclic) bond motifs is 1. The number of nitrogens with zero attached hydrogens (tertiary/aromatic N) is 4. The van der Waals surface area contributed by atoms with E-state index in [1.807, 2.05) is 24.4 Å². The van der Waals surface area contributed by atoms with Crippen LogP contribution in [-0.4, -0.2) is 69.4 Å². The molecule has 5 rings (SSSR count). The zero-order valence-corrected chi connectivity index (χ0v) is 17.1. The Morgan fingerprint density at radius 1 is 1.17 bits per heavy atom. The van der Waals surface area contributed by atoms with Crippen molar-refractivity contribution < 1.29 is 23.1 Å². The molecule has 5 heterocycles. The average molecular weight is 433 g/mol. The normalized spacial score (nSPS) is 21.3. The van der Waals surface area contributed by atoms with Gasteiger partial charge in [-0.25, -0.2) is 23.1 Å². The van der Waals surface area contributed by atoms with Crippen molar-refractivity contribution in [2.75, 3.05) is 24.7 Å². The molecule has 2 fully saturated rings. The molecule has 2 N–H and O–H groups in total. The van der Waals surface area contributed by atoms with Crippen molar-refractivity contribution in [1.29, 1.82) is 0 Å². The fraction of sp³-hybridized carbons (Fsp3) is 0.474. The van der Waals surface area contributed by atoms with Crippen LogP contribution in [0.1, 0.15) is 37.0 Å². The van der Waals surface area contributed by atoms with Crippen molar-refractivity contribution >= 4 is 27.3 Å². The Morgan fingerprint density at radius 3 is 2.63 bits per heavy atom. The molecular weight excluding hydrogens is 410 g/mol. The minimum atomic E-state index is -3.02. The highest BCUT2D eigenvalue weighted by Gasteiger charge is 2.33. The number of carbonyl (C=O) groups is 1. The van der Waals surface area contributed by atoms with Crippen molar-refractivity contribution in [3.63, 3.8) is 0 Å². The second-order valence-corrected chi connectivity index (χ2v) is 9.63. The number of aromatic nitrogens is 5. The first-order chi connectivity index (χ1) is 14.5. The Balaban J connectivity index is 0.000000687. The lowest BCUT2D eigenvalue weighted by Crippen LogP contribution is -2.17. The summed E-state index contributed by atoms with van der Waals surface area (Å²) in [5.41, 5.74) is 1.49. The number of H-pyrrole nitrogens is 1. The number of pyridine rings is 1. The van der Waals surface area contributed by atoms with Crippen molar-refractivity contribution in [1.82, 2.24) is 24.7 Å². The number of hydrogen-bond acceptors (Lipinski definition) is 7. The molecule has 3 aromatic heterocycles. The predicted octanol–water partition coefficient (Wildman–Crippen LogP) is 1.78. The van der Waals surface area contributed by atoms with Gasteiger partial charge in [0.2, 0.25) is 0 Å². The Bertz CT molecular complexity index is 1130. The van der Waals surface area contributed by atoms with E-state index in [0.29, 0.717) is 31.2 Å². The molecule has 2 saturated heterocycles. The summed E-state index contributed by atoms with van der Waals surface area (Å²) in [7, 11) is -3.02. The van der Waals surface area contributed by atoms with E-state index in [1.165, 1.54) is 0 Å². The van der Waals surface area contributed by atoms with Crippen LogP contribution in [0.25, 0.3) is 22.6 Å². The third-order valence-electron chi connectivity index (χ3n) is 5.43. The first-order valence-electron chi connectivity index (χ1n) is 9.77. The molecule has 2 aliphatic heterocycles. The van der Waals surface area contributed by atoms with Gasteiger partial charge >= 0.3 is 0 Å². The van der Waals surface area contributed by atoms with Gasteiger partial charge in [0, 0.05) is 30.7 Å². The molecule has 0 bridgehead atoms. The van der Waals surface area contributed by atoms with E-state index in [4.69, 9.17) is 24.7 Å². The second-order valence-electron chi connectivity index (χ2n) is 7.40. The smallest absolute Gasteiger partial charge is 0.290 e. The minimum Gasteiger partial charge on any atom is -0.483 e.